The van der Waals surface area contributed by atoms with E-state index in [0.29, 0.717) is 0 Å². The summed E-state index contributed by atoms with van der Waals surface area (Å²) in [7, 11) is 0. The van der Waals surface area contributed by atoms with Gasteiger partial charge in [0.15, 0.2) is 6.04 Å². The van der Waals surface area contributed by atoms with Crippen molar-refractivity contribution in [2.75, 3.05) is 0 Å². The highest BCUT2D eigenvalue weighted by atomic mass is 16.4. The van der Waals surface area contributed by atoms with Crippen LogP contribution in [0.25, 0.3) is 0 Å². The molecule has 1 aromatic rings. The normalized spacial score (nSPS) is 14.2. The molecular weight excluding hydrogens is 202 g/mol. The van der Waals surface area contributed by atoms with Crippen LogP contribution in [0.1, 0.15) is 18.7 Å². The number of hydrogen-bond donors (Lipinski definition) is 1. The maximum Gasteiger partial charge on any atom is 0.372 e. The van der Waals surface area contributed by atoms with Gasteiger partial charge in [-0.1, -0.05) is 12.1 Å². The van der Waals surface area contributed by atoms with Gasteiger partial charge in [0.2, 0.25) is 5.78 Å². The number of carboxylic acid groups (broad SMARTS) is 1. The number of nitroso groups, excluding NO2 is 1. The van der Waals surface area contributed by atoms with Gasteiger partial charge in [0.05, 0.1) is 12.2 Å². The lowest BCUT2D eigenvalue weighted by Gasteiger charge is -2.11. The fourth-order valence-corrected chi connectivity index (χ4v) is 1.19. The fraction of sp³-hybridized carbons (Fsp3) is 0.333. The molecule has 6 heteroatoms. The van der Waals surface area contributed by atoms with Gasteiger partial charge >= 0.3 is 5.97 Å². The summed E-state index contributed by atoms with van der Waals surface area (Å²) in [6, 6.07) is 1.91. The Balaban J connectivity index is 2.89. The Hall–Kier alpha value is -1.98. The Labute approximate surface area is 84.9 Å². The molecule has 0 aromatic carbocycles. The number of nitrogens with zero attached hydrogens (tertiary/aromatic N) is 1. The maximum absolute atomic E-state index is 11.1. The molecule has 0 saturated heterocycles. The number of rotatable bonds is 5. The van der Waals surface area contributed by atoms with Crippen molar-refractivity contribution >= 4 is 11.8 Å². The van der Waals surface area contributed by atoms with Crippen LogP contribution in [0.2, 0.25) is 0 Å². The second-order valence-corrected chi connectivity index (χ2v) is 3.02. The number of hydrogen-bond acceptors (Lipinski definition) is 5. The van der Waals surface area contributed by atoms with E-state index in [1.165, 1.54) is 25.3 Å². The van der Waals surface area contributed by atoms with E-state index in [0.717, 1.165) is 0 Å². The van der Waals surface area contributed by atoms with Crippen molar-refractivity contribution in [1.29, 1.82) is 0 Å². The summed E-state index contributed by atoms with van der Waals surface area (Å²) in [5, 5.41) is 11.2. The quantitative estimate of drug-likeness (QED) is 0.586. The zero-order chi connectivity index (χ0) is 11.4. The molecule has 1 aromatic heterocycles. The van der Waals surface area contributed by atoms with Gasteiger partial charge in [0.25, 0.3) is 0 Å². The predicted molar refractivity (Wildman–Crippen MR) is 49.1 cm³/mol. The SMILES string of the molecule is CC(C(=O)C(=O)O)C(N=O)c1ccco1. The van der Waals surface area contributed by atoms with Gasteiger partial charge < -0.3 is 9.52 Å². The lowest BCUT2D eigenvalue weighted by Crippen LogP contribution is -2.25. The first-order chi connectivity index (χ1) is 7.07. The van der Waals surface area contributed by atoms with Crippen LogP contribution in [0, 0.1) is 10.8 Å². The lowest BCUT2D eigenvalue weighted by atomic mass is 9.96. The van der Waals surface area contributed by atoms with E-state index in [2.05, 4.69) is 5.18 Å². The number of Topliss-reactive ketones (excluding diaryl/α,β-unsaturated/α-hetero) is 1. The van der Waals surface area contributed by atoms with E-state index in [9.17, 15) is 14.5 Å². The smallest absolute Gasteiger partial charge is 0.372 e. The zero-order valence-corrected chi connectivity index (χ0v) is 7.91. The molecule has 2 unspecified atom stereocenters. The zero-order valence-electron chi connectivity index (χ0n) is 7.91. The van der Waals surface area contributed by atoms with Crippen molar-refractivity contribution in [2.45, 2.75) is 13.0 Å². The topological polar surface area (TPSA) is 96.9 Å². The van der Waals surface area contributed by atoms with Crippen molar-refractivity contribution in [3.63, 3.8) is 0 Å². The van der Waals surface area contributed by atoms with Crippen LogP contribution in [0.15, 0.2) is 28.0 Å². The molecule has 0 aliphatic rings. The highest BCUT2D eigenvalue weighted by Gasteiger charge is 2.32. The highest BCUT2D eigenvalue weighted by molar-refractivity contribution is 6.33. The van der Waals surface area contributed by atoms with Crippen molar-refractivity contribution < 1.29 is 19.1 Å². The van der Waals surface area contributed by atoms with Crippen LogP contribution < -0.4 is 0 Å². The van der Waals surface area contributed by atoms with E-state index in [1.807, 2.05) is 0 Å². The first-order valence-electron chi connectivity index (χ1n) is 4.21. The van der Waals surface area contributed by atoms with Crippen LogP contribution in [0.5, 0.6) is 0 Å². The highest BCUT2D eigenvalue weighted by Crippen LogP contribution is 2.26. The number of carbonyl (C=O) groups excluding carboxylic acids is 1. The van der Waals surface area contributed by atoms with E-state index in [1.54, 1.807) is 0 Å². The summed E-state index contributed by atoms with van der Waals surface area (Å²) >= 11 is 0. The molecular formula is C9H9NO5. The van der Waals surface area contributed by atoms with Gasteiger partial charge in [-0.2, -0.15) is 4.91 Å². The van der Waals surface area contributed by atoms with Gasteiger partial charge in [0.1, 0.15) is 5.76 Å². The van der Waals surface area contributed by atoms with Crippen LogP contribution in [0.3, 0.4) is 0 Å². The average Bonchev–Trinajstić information content (AvgIpc) is 2.70. The molecule has 0 aliphatic heterocycles. The number of carbonyl (C=O) groups is 2. The molecule has 1 N–H and O–H groups in total. The van der Waals surface area contributed by atoms with Gasteiger partial charge in [-0.15, -0.1) is 0 Å². The molecule has 15 heavy (non-hydrogen) atoms. The summed E-state index contributed by atoms with van der Waals surface area (Å²) in [6.07, 6.45) is 1.32. The second-order valence-electron chi connectivity index (χ2n) is 3.02. The standard InChI is InChI=1S/C9H9NO5/c1-5(8(11)9(12)13)7(10-14)6-3-2-4-15-6/h2-5,7H,1H3,(H,12,13). The van der Waals surface area contributed by atoms with Crippen molar-refractivity contribution in [2.24, 2.45) is 11.1 Å². The molecule has 1 heterocycles. The van der Waals surface area contributed by atoms with Gasteiger partial charge in [0, 0.05) is 0 Å². The molecule has 0 saturated carbocycles. The van der Waals surface area contributed by atoms with Crippen LogP contribution >= 0.6 is 0 Å². The van der Waals surface area contributed by atoms with Crippen LogP contribution in [-0.4, -0.2) is 16.9 Å². The fourth-order valence-electron chi connectivity index (χ4n) is 1.19. The van der Waals surface area contributed by atoms with Crippen molar-refractivity contribution in [1.82, 2.24) is 0 Å². The molecule has 0 aliphatic carbocycles. The summed E-state index contributed by atoms with van der Waals surface area (Å²) in [4.78, 5) is 32.0. The minimum absolute atomic E-state index is 0.187. The minimum atomic E-state index is -1.58. The maximum atomic E-state index is 11.1. The predicted octanol–water partition coefficient (Wildman–Crippen LogP) is 1.38. The average molecular weight is 211 g/mol. The Morgan fingerprint density at radius 3 is 2.60 bits per heavy atom. The summed E-state index contributed by atoms with van der Waals surface area (Å²) < 4.78 is 4.90. The van der Waals surface area contributed by atoms with E-state index in [-0.39, 0.29) is 5.76 Å². The molecule has 6 nitrogen and oxygen atoms in total. The molecule has 0 spiro atoms. The summed E-state index contributed by atoms with van der Waals surface area (Å²) in [6.45, 7) is 1.32. The Kier molecular flexibility index (Phi) is 3.33. The summed E-state index contributed by atoms with van der Waals surface area (Å²) in [5.41, 5.74) is 0. The third-order valence-corrected chi connectivity index (χ3v) is 2.05. The Morgan fingerprint density at radius 2 is 2.20 bits per heavy atom. The first kappa shape index (κ1) is 11.1. The van der Waals surface area contributed by atoms with Crippen LogP contribution in [0.4, 0.5) is 0 Å². The number of aliphatic carboxylic acids is 1. The van der Waals surface area contributed by atoms with Crippen molar-refractivity contribution in [3.05, 3.63) is 29.1 Å². The summed E-state index contributed by atoms with van der Waals surface area (Å²) in [5.74, 6) is -3.49. The monoisotopic (exact) mass is 211 g/mol. The molecule has 80 valence electrons. The third-order valence-electron chi connectivity index (χ3n) is 2.05. The first-order valence-corrected chi connectivity index (χ1v) is 4.21. The molecule has 0 bridgehead atoms. The van der Waals surface area contributed by atoms with E-state index < -0.39 is 23.7 Å². The van der Waals surface area contributed by atoms with E-state index >= 15 is 0 Å². The second kappa shape index (κ2) is 4.50. The molecule has 0 amide bonds. The molecule has 1 rings (SSSR count). The van der Waals surface area contributed by atoms with Gasteiger partial charge in [-0.05, 0) is 12.1 Å². The van der Waals surface area contributed by atoms with Gasteiger partial charge in [-0.3, -0.25) is 4.79 Å². The van der Waals surface area contributed by atoms with Gasteiger partial charge in [-0.25, -0.2) is 4.79 Å². The molecule has 0 radical (unpaired) electrons. The van der Waals surface area contributed by atoms with Crippen LogP contribution in [-0.2, 0) is 9.59 Å². The van der Waals surface area contributed by atoms with E-state index in [4.69, 9.17) is 9.52 Å². The number of furan rings is 1. The third kappa shape index (κ3) is 2.28. The lowest BCUT2D eigenvalue weighted by molar-refractivity contribution is -0.151. The minimum Gasteiger partial charge on any atom is -0.475 e. The van der Waals surface area contributed by atoms with Crippen molar-refractivity contribution in [3.8, 4) is 0 Å². The number of ketones is 1. The Bertz CT molecular complexity index is 370. The number of carboxylic acids is 1. The Morgan fingerprint density at radius 1 is 1.53 bits per heavy atom. The molecule has 2 atom stereocenters. The molecule has 0 fully saturated rings. The largest absolute Gasteiger partial charge is 0.475 e.